The molecular formula is C14H22FN3O4S. The van der Waals surface area contributed by atoms with E-state index in [0.717, 1.165) is 12.1 Å². The number of nitrogens with one attached hydrogen (secondary N) is 2. The maximum absolute atomic E-state index is 13.3. The molecule has 7 nitrogen and oxygen atoms in total. The number of carbonyl (C=O) groups is 1. The summed E-state index contributed by atoms with van der Waals surface area (Å²) in [5.41, 5.74) is 4.76. The second-order valence-electron chi connectivity index (χ2n) is 5.97. The molecule has 1 amide bonds. The molecule has 0 aliphatic carbocycles. The number of carbonyl (C=O) groups excluding carboxylic acids is 1. The molecule has 1 rings (SSSR count). The topological polar surface area (TPSA) is 111 Å². The largest absolute Gasteiger partial charge is 0.444 e. The average Bonchev–Trinajstić information content (AvgIpc) is 2.37. The first-order chi connectivity index (χ1) is 10.4. The van der Waals surface area contributed by atoms with Crippen LogP contribution in [-0.4, -0.2) is 33.2 Å². The molecule has 0 spiro atoms. The Morgan fingerprint density at radius 3 is 2.48 bits per heavy atom. The second-order valence-corrected chi connectivity index (χ2v) is 7.70. The number of anilines is 1. The number of benzene rings is 1. The Labute approximate surface area is 135 Å². The Morgan fingerprint density at radius 2 is 1.91 bits per heavy atom. The molecule has 130 valence electrons. The summed E-state index contributed by atoms with van der Waals surface area (Å²) in [5.74, 6) is -0.673. The van der Waals surface area contributed by atoms with Crippen molar-refractivity contribution in [1.29, 1.82) is 0 Å². The van der Waals surface area contributed by atoms with Gasteiger partial charge < -0.3 is 15.8 Å². The first-order valence-electron chi connectivity index (χ1n) is 6.94. The SMILES string of the molecule is Cc1cc(F)c(N)cc1S(=O)(=O)NCCNC(=O)OC(C)(C)C. The van der Waals surface area contributed by atoms with E-state index < -0.39 is 27.5 Å². The van der Waals surface area contributed by atoms with E-state index in [4.69, 9.17) is 10.5 Å². The molecule has 0 bridgehead atoms. The van der Waals surface area contributed by atoms with Crippen LogP contribution in [0.4, 0.5) is 14.9 Å². The Kier molecular flexibility index (Phi) is 5.95. The molecule has 1 aromatic carbocycles. The van der Waals surface area contributed by atoms with Crippen LogP contribution >= 0.6 is 0 Å². The minimum Gasteiger partial charge on any atom is -0.444 e. The third kappa shape index (κ3) is 6.03. The van der Waals surface area contributed by atoms with E-state index in [9.17, 15) is 17.6 Å². The highest BCUT2D eigenvalue weighted by molar-refractivity contribution is 7.89. The fraction of sp³-hybridized carbons (Fsp3) is 0.500. The molecule has 1 aromatic rings. The zero-order valence-corrected chi connectivity index (χ0v) is 14.4. The number of ether oxygens (including phenoxy) is 1. The summed E-state index contributed by atoms with van der Waals surface area (Å²) >= 11 is 0. The van der Waals surface area contributed by atoms with Gasteiger partial charge in [-0.05, 0) is 45.4 Å². The van der Waals surface area contributed by atoms with Crippen molar-refractivity contribution in [3.8, 4) is 0 Å². The molecule has 0 heterocycles. The lowest BCUT2D eigenvalue weighted by molar-refractivity contribution is 0.0529. The zero-order valence-electron chi connectivity index (χ0n) is 13.6. The number of amides is 1. The molecule has 0 aliphatic rings. The monoisotopic (exact) mass is 347 g/mol. The van der Waals surface area contributed by atoms with Gasteiger partial charge in [-0.1, -0.05) is 0 Å². The van der Waals surface area contributed by atoms with E-state index in [1.54, 1.807) is 20.8 Å². The lowest BCUT2D eigenvalue weighted by Crippen LogP contribution is -2.38. The number of nitrogen functional groups attached to an aromatic ring is 1. The molecule has 0 radical (unpaired) electrons. The van der Waals surface area contributed by atoms with Crippen molar-refractivity contribution >= 4 is 21.8 Å². The van der Waals surface area contributed by atoms with Crippen LogP contribution in [0.1, 0.15) is 26.3 Å². The van der Waals surface area contributed by atoms with Crippen molar-refractivity contribution in [2.75, 3.05) is 18.8 Å². The number of hydrogen-bond acceptors (Lipinski definition) is 5. The second kappa shape index (κ2) is 7.14. The highest BCUT2D eigenvalue weighted by Crippen LogP contribution is 2.21. The Hall–Kier alpha value is -1.87. The van der Waals surface area contributed by atoms with Gasteiger partial charge in [0.05, 0.1) is 10.6 Å². The Bertz CT molecular complexity index is 684. The Balaban J connectivity index is 2.61. The van der Waals surface area contributed by atoms with Crippen molar-refractivity contribution in [2.45, 2.75) is 38.2 Å². The standard InChI is InChI=1S/C14H22FN3O4S/c1-9-7-10(15)11(16)8-12(9)23(20,21)18-6-5-17-13(19)22-14(2,3)4/h7-8,18H,5-6,16H2,1-4H3,(H,17,19). The quantitative estimate of drug-likeness (QED) is 0.552. The maximum atomic E-state index is 13.3. The summed E-state index contributed by atoms with van der Waals surface area (Å²) in [6.45, 7) is 6.63. The summed E-state index contributed by atoms with van der Waals surface area (Å²) in [6, 6.07) is 2.12. The molecule has 0 fully saturated rings. The Morgan fingerprint density at radius 1 is 1.30 bits per heavy atom. The van der Waals surface area contributed by atoms with Gasteiger partial charge in [-0.25, -0.2) is 22.3 Å². The van der Waals surface area contributed by atoms with Crippen molar-refractivity contribution < 1.29 is 22.3 Å². The predicted molar refractivity (Wildman–Crippen MR) is 85.0 cm³/mol. The molecule has 0 saturated carbocycles. The van der Waals surface area contributed by atoms with Crippen LogP contribution in [0, 0.1) is 12.7 Å². The first-order valence-corrected chi connectivity index (χ1v) is 8.43. The molecule has 0 unspecified atom stereocenters. The molecule has 0 aliphatic heterocycles. The van der Waals surface area contributed by atoms with E-state index >= 15 is 0 Å². The van der Waals surface area contributed by atoms with E-state index in [1.807, 2.05) is 0 Å². The third-order valence-electron chi connectivity index (χ3n) is 2.67. The molecular weight excluding hydrogens is 325 g/mol. The summed E-state index contributed by atoms with van der Waals surface area (Å²) in [7, 11) is -3.85. The number of nitrogens with two attached hydrogens (primary N) is 1. The van der Waals surface area contributed by atoms with Gasteiger partial charge in [0, 0.05) is 13.1 Å². The molecule has 23 heavy (non-hydrogen) atoms. The van der Waals surface area contributed by atoms with E-state index in [2.05, 4.69) is 10.0 Å². The first kappa shape index (κ1) is 19.2. The number of aryl methyl sites for hydroxylation is 1. The van der Waals surface area contributed by atoms with E-state index in [-0.39, 0.29) is 29.2 Å². The molecule has 0 atom stereocenters. The lowest BCUT2D eigenvalue weighted by Gasteiger charge is -2.19. The van der Waals surface area contributed by atoms with Gasteiger partial charge in [0.1, 0.15) is 11.4 Å². The fourth-order valence-corrected chi connectivity index (χ4v) is 2.99. The number of rotatable bonds is 5. The van der Waals surface area contributed by atoms with Gasteiger partial charge in [-0.2, -0.15) is 0 Å². The normalized spacial score (nSPS) is 12.0. The average molecular weight is 347 g/mol. The zero-order chi connectivity index (χ0) is 17.8. The van der Waals surface area contributed by atoms with E-state index in [0.29, 0.717) is 0 Å². The molecule has 4 N–H and O–H groups in total. The summed E-state index contributed by atoms with van der Waals surface area (Å²) < 4.78 is 44.9. The third-order valence-corrected chi connectivity index (χ3v) is 4.27. The lowest BCUT2D eigenvalue weighted by atomic mass is 10.2. The van der Waals surface area contributed by atoms with Gasteiger partial charge in [0.15, 0.2) is 0 Å². The van der Waals surface area contributed by atoms with Crippen LogP contribution in [0.3, 0.4) is 0 Å². The van der Waals surface area contributed by atoms with Crippen LogP contribution in [0.2, 0.25) is 0 Å². The van der Waals surface area contributed by atoms with Gasteiger partial charge in [-0.3, -0.25) is 0 Å². The van der Waals surface area contributed by atoms with Gasteiger partial charge in [-0.15, -0.1) is 0 Å². The minimum absolute atomic E-state index is 0.0434. The summed E-state index contributed by atoms with van der Waals surface area (Å²) in [6.07, 6.45) is -0.640. The van der Waals surface area contributed by atoms with Crippen LogP contribution in [0.25, 0.3) is 0 Å². The number of hydrogen-bond donors (Lipinski definition) is 3. The van der Waals surface area contributed by atoms with E-state index in [1.165, 1.54) is 6.92 Å². The van der Waals surface area contributed by atoms with Gasteiger partial charge in [0.25, 0.3) is 0 Å². The van der Waals surface area contributed by atoms with Crippen molar-refractivity contribution in [3.05, 3.63) is 23.5 Å². The van der Waals surface area contributed by atoms with Crippen LogP contribution < -0.4 is 15.8 Å². The number of alkyl carbamates (subject to hydrolysis) is 1. The molecule has 9 heteroatoms. The number of halogens is 1. The summed E-state index contributed by atoms with van der Waals surface area (Å²) in [5, 5.41) is 2.43. The van der Waals surface area contributed by atoms with Crippen LogP contribution in [0.15, 0.2) is 17.0 Å². The summed E-state index contributed by atoms with van der Waals surface area (Å²) in [4.78, 5) is 11.3. The highest BCUT2D eigenvalue weighted by atomic mass is 32.2. The highest BCUT2D eigenvalue weighted by Gasteiger charge is 2.19. The van der Waals surface area contributed by atoms with Crippen LogP contribution in [0.5, 0.6) is 0 Å². The van der Waals surface area contributed by atoms with Crippen molar-refractivity contribution in [1.82, 2.24) is 10.0 Å². The maximum Gasteiger partial charge on any atom is 0.407 e. The smallest absolute Gasteiger partial charge is 0.407 e. The molecule has 0 saturated heterocycles. The fourth-order valence-electron chi connectivity index (χ4n) is 1.70. The number of sulfonamides is 1. The predicted octanol–water partition coefficient (Wildman–Crippen LogP) is 1.52. The van der Waals surface area contributed by atoms with Crippen molar-refractivity contribution in [3.63, 3.8) is 0 Å². The van der Waals surface area contributed by atoms with Gasteiger partial charge >= 0.3 is 6.09 Å². The molecule has 0 aromatic heterocycles. The van der Waals surface area contributed by atoms with Gasteiger partial charge in [0.2, 0.25) is 10.0 Å². The van der Waals surface area contributed by atoms with Crippen LogP contribution in [-0.2, 0) is 14.8 Å². The minimum atomic E-state index is -3.85. The van der Waals surface area contributed by atoms with Crippen molar-refractivity contribution in [2.24, 2.45) is 0 Å².